The number of halogens is 1. The topological polar surface area (TPSA) is 41.5 Å². The minimum atomic E-state index is -0.796. The lowest BCUT2D eigenvalue weighted by Gasteiger charge is -2.23. The van der Waals surface area contributed by atoms with Crippen LogP contribution < -0.4 is 5.32 Å². The fourth-order valence-corrected chi connectivity index (χ4v) is 2.25. The predicted octanol–water partition coefficient (Wildman–Crippen LogP) is 1.88. The Kier molecular flexibility index (Phi) is 5.11. The van der Waals surface area contributed by atoms with Gasteiger partial charge in [-0.25, -0.2) is 4.39 Å². The Hall–Kier alpha value is -0.970. The van der Waals surface area contributed by atoms with E-state index in [1.54, 1.807) is 18.2 Å². The molecule has 1 heterocycles. The number of aliphatic hydroxyl groups excluding tert-OH is 1. The number of ether oxygens (including phenoxy) is 1. The van der Waals surface area contributed by atoms with Crippen LogP contribution in [-0.2, 0) is 4.74 Å². The lowest BCUT2D eigenvalue weighted by molar-refractivity contribution is 0.0532. The SMILES string of the molecule is OC(CNCC1CCCOC1)c1ccccc1F. The zero-order valence-corrected chi connectivity index (χ0v) is 10.4. The van der Waals surface area contributed by atoms with E-state index in [9.17, 15) is 9.50 Å². The molecular weight excluding hydrogens is 233 g/mol. The molecule has 1 aromatic rings. The van der Waals surface area contributed by atoms with Gasteiger partial charge in [0, 0.05) is 25.3 Å². The summed E-state index contributed by atoms with van der Waals surface area (Å²) in [6.07, 6.45) is 1.46. The molecule has 1 aromatic carbocycles. The number of rotatable bonds is 5. The normalized spacial score (nSPS) is 21.8. The van der Waals surface area contributed by atoms with E-state index in [0.717, 1.165) is 32.6 Å². The highest BCUT2D eigenvalue weighted by molar-refractivity contribution is 5.19. The highest BCUT2D eigenvalue weighted by Crippen LogP contribution is 2.16. The van der Waals surface area contributed by atoms with Gasteiger partial charge < -0.3 is 15.2 Å². The molecule has 1 saturated heterocycles. The molecule has 1 fully saturated rings. The number of hydrogen-bond acceptors (Lipinski definition) is 3. The van der Waals surface area contributed by atoms with Gasteiger partial charge in [0.15, 0.2) is 0 Å². The standard InChI is InChI=1S/C14H20FNO2/c15-13-6-2-1-5-12(13)14(17)9-16-8-11-4-3-7-18-10-11/h1-2,5-6,11,14,16-17H,3-4,7-10H2. The second kappa shape index (κ2) is 6.83. The first-order chi connectivity index (χ1) is 8.77. The summed E-state index contributed by atoms with van der Waals surface area (Å²) in [7, 11) is 0. The van der Waals surface area contributed by atoms with Crippen LogP contribution in [0.4, 0.5) is 4.39 Å². The van der Waals surface area contributed by atoms with Crippen LogP contribution in [0.2, 0.25) is 0 Å². The molecular formula is C14H20FNO2. The number of aliphatic hydroxyl groups is 1. The molecule has 4 heteroatoms. The van der Waals surface area contributed by atoms with E-state index < -0.39 is 6.10 Å². The zero-order valence-electron chi connectivity index (χ0n) is 10.4. The highest BCUT2D eigenvalue weighted by Gasteiger charge is 2.15. The Morgan fingerprint density at radius 1 is 1.44 bits per heavy atom. The first kappa shape index (κ1) is 13.5. The zero-order chi connectivity index (χ0) is 12.8. The van der Waals surface area contributed by atoms with Gasteiger partial charge in [-0.15, -0.1) is 0 Å². The molecule has 2 N–H and O–H groups in total. The maximum atomic E-state index is 13.4. The third-order valence-corrected chi connectivity index (χ3v) is 3.29. The van der Waals surface area contributed by atoms with Crippen molar-refractivity contribution in [3.8, 4) is 0 Å². The fourth-order valence-electron chi connectivity index (χ4n) is 2.25. The van der Waals surface area contributed by atoms with Crippen molar-refractivity contribution in [1.29, 1.82) is 0 Å². The number of hydrogen-bond donors (Lipinski definition) is 2. The van der Waals surface area contributed by atoms with Crippen molar-refractivity contribution in [3.63, 3.8) is 0 Å². The molecule has 0 amide bonds. The van der Waals surface area contributed by atoms with Gasteiger partial charge in [0.05, 0.1) is 12.7 Å². The van der Waals surface area contributed by atoms with Crippen LogP contribution in [0.3, 0.4) is 0 Å². The van der Waals surface area contributed by atoms with Crippen LogP contribution in [0.5, 0.6) is 0 Å². The molecule has 0 bridgehead atoms. The molecule has 0 radical (unpaired) electrons. The van der Waals surface area contributed by atoms with Gasteiger partial charge in [-0.3, -0.25) is 0 Å². The number of nitrogens with one attached hydrogen (secondary N) is 1. The monoisotopic (exact) mass is 253 g/mol. The van der Waals surface area contributed by atoms with Crippen molar-refractivity contribution >= 4 is 0 Å². The average Bonchev–Trinajstić information content (AvgIpc) is 2.40. The van der Waals surface area contributed by atoms with E-state index in [1.807, 2.05) is 0 Å². The molecule has 2 unspecified atom stereocenters. The summed E-state index contributed by atoms with van der Waals surface area (Å²) in [4.78, 5) is 0. The van der Waals surface area contributed by atoms with Crippen molar-refractivity contribution in [2.75, 3.05) is 26.3 Å². The molecule has 1 aliphatic rings. The Balaban J connectivity index is 1.74. The van der Waals surface area contributed by atoms with Crippen LogP contribution in [-0.4, -0.2) is 31.4 Å². The minimum Gasteiger partial charge on any atom is -0.387 e. The number of benzene rings is 1. The third kappa shape index (κ3) is 3.77. The maximum absolute atomic E-state index is 13.4. The summed E-state index contributed by atoms with van der Waals surface area (Å²) in [5.74, 6) is 0.152. The van der Waals surface area contributed by atoms with Crippen LogP contribution in [0.25, 0.3) is 0 Å². The minimum absolute atomic E-state index is 0.352. The summed E-state index contributed by atoms with van der Waals surface area (Å²) < 4.78 is 18.8. The van der Waals surface area contributed by atoms with Gasteiger partial charge in [-0.1, -0.05) is 18.2 Å². The molecule has 2 atom stereocenters. The Labute approximate surface area is 107 Å². The Morgan fingerprint density at radius 3 is 3.00 bits per heavy atom. The van der Waals surface area contributed by atoms with E-state index in [-0.39, 0.29) is 5.82 Å². The van der Waals surface area contributed by atoms with Crippen LogP contribution in [0.15, 0.2) is 24.3 Å². The molecule has 0 spiro atoms. The fraction of sp³-hybridized carbons (Fsp3) is 0.571. The molecule has 2 rings (SSSR count). The predicted molar refractivity (Wildman–Crippen MR) is 67.8 cm³/mol. The van der Waals surface area contributed by atoms with Crippen LogP contribution in [0, 0.1) is 11.7 Å². The second-order valence-corrected chi connectivity index (χ2v) is 4.78. The van der Waals surface area contributed by atoms with E-state index in [2.05, 4.69) is 5.32 Å². The van der Waals surface area contributed by atoms with Crippen LogP contribution >= 0.6 is 0 Å². The van der Waals surface area contributed by atoms with Gasteiger partial charge in [-0.05, 0) is 24.8 Å². The van der Waals surface area contributed by atoms with Crippen molar-refractivity contribution in [3.05, 3.63) is 35.6 Å². The Bertz CT molecular complexity index is 367. The average molecular weight is 253 g/mol. The van der Waals surface area contributed by atoms with Gasteiger partial charge in [-0.2, -0.15) is 0 Å². The van der Waals surface area contributed by atoms with Crippen LogP contribution in [0.1, 0.15) is 24.5 Å². The summed E-state index contributed by atoms with van der Waals surface area (Å²) in [6, 6.07) is 6.34. The van der Waals surface area contributed by atoms with Crippen molar-refractivity contribution < 1.29 is 14.2 Å². The summed E-state index contributed by atoms with van der Waals surface area (Å²) >= 11 is 0. The van der Waals surface area contributed by atoms with Crippen molar-refractivity contribution in [2.24, 2.45) is 5.92 Å². The first-order valence-corrected chi connectivity index (χ1v) is 6.48. The molecule has 0 aliphatic carbocycles. The maximum Gasteiger partial charge on any atom is 0.129 e. The lowest BCUT2D eigenvalue weighted by atomic mass is 10.0. The van der Waals surface area contributed by atoms with Gasteiger partial charge >= 0.3 is 0 Å². The van der Waals surface area contributed by atoms with E-state index >= 15 is 0 Å². The van der Waals surface area contributed by atoms with E-state index in [1.165, 1.54) is 6.07 Å². The van der Waals surface area contributed by atoms with Gasteiger partial charge in [0.1, 0.15) is 5.82 Å². The molecule has 0 saturated carbocycles. The molecule has 1 aliphatic heterocycles. The van der Waals surface area contributed by atoms with Crippen molar-refractivity contribution in [2.45, 2.75) is 18.9 Å². The van der Waals surface area contributed by atoms with Gasteiger partial charge in [0.2, 0.25) is 0 Å². The van der Waals surface area contributed by atoms with Crippen molar-refractivity contribution in [1.82, 2.24) is 5.32 Å². The molecule has 100 valence electrons. The highest BCUT2D eigenvalue weighted by atomic mass is 19.1. The molecule has 3 nitrogen and oxygen atoms in total. The third-order valence-electron chi connectivity index (χ3n) is 3.29. The Morgan fingerprint density at radius 2 is 2.28 bits per heavy atom. The largest absolute Gasteiger partial charge is 0.387 e. The smallest absolute Gasteiger partial charge is 0.129 e. The lowest BCUT2D eigenvalue weighted by Crippen LogP contribution is -2.31. The first-order valence-electron chi connectivity index (χ1n) is 6.48. The summed E-state index contributed by atoms with van der Waals surface area (Å²) in [5, 5.41) is 13.1. The van der Waals surface area contributed by atoms with E-state index in [4.69, 9.17) is 4.74 Å². The second-order valence-electron chi connectivity index (χ2n) is 4.78. The van der Waals surface area contributed by atoms with Gasteiger partial charge in [0.25, 0.3) is 0 Å². The summed E-state index contributed by atoms with van der Waals surface area (Å²) in [5.41, 5.74) is 0.352. The molecule has 0 aromatic heterocycles. The quantitative estimate of drug-likeness (QED) is 0.842. The summed E-state index contributed by atoms with van der Waals surface area (Å²) in [6.45, 7) is 2.82. The molecule has 18 heavy (non-hydrogen) atoms. The van der Waals surface area contributed by atoms with E-state index in [0.29, 0.717) is 18.0 Å².